The molecule has 0 unspecified atom stereocenters. The highest BCUT2D eigenvalue weighted by Gasteiger charge is 2.39. The third kappa shape index (κ3) is 4.38. The van der Waals surface area contributed by atoms with Gasteiger partial charge >= 0.3 is 5.97 Å². The molecule has 33 heavy (non-hydrogen) atoms. The van der Waals surface area contributed by atoms with Crippen LogP contribution >= 0.6 is 11.6 Å². The first-order valence-electron chi connectivity index (χ1n) is 10.4. The maximum absolute atomic E-state index is 12.9. The average Bonchev–Trinajstić information content (AvgIpc) is 3.03. The van der Waals surface area contributed by atoms with Gasteiger partial charge in [-0.05, 0) is 60.9 Å². The molecule has 7 heteroatoms. The van der Waals surface area contributed by atoms with E-state index in [4.69, 9.17) is 16.3 Å². The van der Waals surface area contributed by atoms with Gasteiger partial charge in [0.05, 0.1) is 11.3 Å². The van der Waals surface area contributed by atoms with Gasteiger partial charge in [-0.3, -0.25) is 9.59 Å². The number of imide groups is 1. The minimum atomic E-state index is -0.590. The second-order valence-corrected chi connectivity index (χ2v) is 7.85. The largest absolute Gasteiger partial charge is 0.423 e. The first-order valence-corrected chi connectivity index (χ1v) is 10.8. The zero-order valence-electron chi connectivity index (χ0n) is 18.1. The second kappa shape index (κ2) is 9.30. The van der Waals surface area contributed by atoms with Crippen molar-refractivity contribution in [2.75, 3.05) is 10.2 Å². The van der Waals surface area contributed by atoms with Crippen LogP contribution in [0.1, 0.15) is 28.4 Å². The van der Waals surface area contributed by atoms with E-state index in [9.17, 15) is 14.4 Å². The van der Waals surface area contributed by atoms with Crippen LogP contribution in [-0.4, -0.2) is 17.8 Å². The molecule has 1 aliphatic heterocycles. The number of para-hydroxylation sites is 2. The molecule has 0 saturated heterocycles. The van der Waals surface area contributed by atoms with E-state index in [-0.39, 0.29) is 10.7 Å². The molecule has 166 valence electrons. The lowest BCUT2D eigenvalue weighted by atomic mass is 10.1. The Kier molecular flexibility index (Phi) is 6.29. The summed E-state index contributed by atoms with van der Waals surface area (Å²) in [6, 6.07) is 20.8. The van der Waals surface area contributed by atoms with Gasteiger partial charge in [-0.1, -0.05) is 54.9 Å². The van der Waals surface area contributed by atoms with E-state index in [1.165, 1.54) is 0 Å². The van der Waals surface area contributed by atoms with Gasteiger partial charge in [0.2, 0.25) is 0 Å². The highest BCUT2D eigenvalue weighted by molar-refractivity contribution is 6.53. The van der Waals surface area contributed by atoms with E-state index in [1.807, 2.05) is 44.2 Å². The highest BCUT2D eigenvalue weighted by atomic mass is 35.5. The molecule has 4 rings (SSSR count). The molecular formula is C26H21ClN2O4. The third-order valence-electron chi connectivity index (χ3n) is 5.33. The third-order valence-corrected chi connectivity index (χ3v) is 5.68. The van der Waals surface area contributed by atoms with Crippen LogP contribution in [0.15, 0.2) is 83.5 Å². The first kappa shape index (κ1) is 22.3. The number of ether oxygens (including phenoxy) is 1. The van der Waals surface area contributed by atoms with E-state index >= 15 is 0 Å². The lowest BCUT2D eigenvalue weighted by Crippen LogP contribution is -2.32. The molecule has 1 aliphatic rings. The number of hydrogen-bond donors (Lipinski definition) is 1. The molecule has 0 atom stereocenters. The Morgan fingerprint density at radius 2 is 1.61 bits per heavy atom. The van der Waals surface area contributed by atoms with Gasteiger partial charge in [0, 0.05) is 5.69 Å². The number of amides is 2. The summed E-state index contributed by atoms with van der Waals surface area (Å²) in [4.78, 5) is 39.2. The summed E-state index contributed by atoms with van der Waals surface area (Å²) in [6.45, 7) is 3.80. The van der Waals surface area contributed by atoms with Crippen LogP contribution in [0.3, 0.4) is 0 Å². The lowest BCUT2D eigenvalue weighted by Gasteiger charge is -2.17. The first-order chi connectivity index (χ1) is 15.9. The van der Waals surface area contributed by atoms with Crippen LogP contribution in [0.5, 0.6) is 5.75 Å². The molecule has 0 spiro atoms. The van der Waals surface area contributed by atoms with E-state index in [0.717, 1.165) is 22.4 Å². The predicted molar refractivity (Wildman–Crippen MR) is 127 cm³/mol. The summed E-state index contributed by atoms with van der Waals surface area (Å²) in [5.41, 5.74) is 3.03. The van der Waals surface area contributed by atoms with Crippen LogP contribution in [0, 0.1) is 6.92 Å². The number of benzene rings is 3. The van der Waals surface area contributed by atoms with Gasteiger partial charge in [0.1, 0.15) is 16.5 Å². The van der Waals surface area contributed by atoms with Crippen LogP contribution in [0.25, 0.3) is 0 Å². The van der Waals surface area contributed by atoms with Gasteiger partial charge in [0.25, 0.3) is 11.8 Å². The molecule has 0 fully saturated rings. The second-order valence-electron chi connectivity index (χ2n) is 7.47. The molecule has 0 saturated carbocycles. The fourth-order valence-electron chi connectivity index (χ4n) is 3.53. The van der Waals surface area contributed by atoms with Gasteiger partial charge in [-0.2, -0.15) is 0 Å². The predicted octanol–water partition coefficient (Wildman–Crippen LogP) is 5.21. The molecule has 0 bridgehead atoms. The summed E-state index contributed by atoms with van der Waals surface area (Å²) < 4.78 is 5.52. The molecule has 6 nitrogen and oxygen atoms in total. The molecule has 0 aliphatic carbocycles. The maximum Gasteiger partial charge on any atom is 0.343 e. The number of nitrogens with one attached hydrogen (secondary N) is 1. The highest BCUT2D eigenvalue weighted by Crippen LogP contribution is 2.32. The number of carbonyl (C=O) groups excluding carboxylic acids is 3. The fourth-order valence-corrected chi connectivity index (χ4v) is 3.75. The zero-order chi connectivity index (χ0) is 23.5. The Labute approximate surface area is 196 Å². The number of carbonyl (C=O) groups is 3. The number of anilines is 2. The molecule has 0 aromatic heterocycles. The van der Waals surface area contributed by atoms with E-state index in [0.29, 0.717) is 22.7 Å². The van der Waals surface area contributed by atoms with E-state index in [2.05, 4.69) is 5.32 Å². The monoisotopic (exact) mass is 460 g/mol. The van der Waals surface area contributed by atoms with Crippen molar-refractivity contribution in [2.24, 2.45) is 0 Å². The quantitative estimate of drug-likeness (QED) is 0.310. The Morgan fingerprint density at radius 1 is 0.939 bits per heavy atom. The molecule has 3 aromatic carbocycles. The number of aryl methyl sites for hydroxylation is 2. The summed E-state index contributed by atoms with van der Waals surface area (Å²) in [5, 5.41) is 2.72. The van der Waals surface area contributed by atoms with Crippen LogP contribution in [0.4, 0.5) is 11.4 Å². The molecule has 0 radical (unpaired) electrons. The van der Waals surface area contributed by atoms with Crippen molar-refractivity contribution >= 4 is 40.8 Å². The molecule has 3 aromatic rings. The van der Waals surface area contributed by atoms with Crippen molar-refractivity contribution in [3.05, 3.63) is 100 Å². The summed E-state index contributed by atoms with van der Waals surface area (Å²) in [5.74, 6) is -1.10. The summed E-state index contributed by atoms with van der Waals surface area (Å²) in [6.07, 6.45) is 0.744. The Bertz CT molecular complexity index is 1280. The topological polar surface area (TPSA) is 75.7 Å². The maximum atomic E-state index is 12.9. The van der Waals surface area contributed by atoms with Crippen LogP contribution in [-0.2, 0) is 16.0 Å². The van der Waals surface area contributed by atoms with Crippen molar-refractivity contribution in [2.45, 2.75) is 20.3 Å². The van der Waals surface area contributed by atoms with Gasteiger partial charge in [0.15, 0.2) is 0 Å². The minimum Gasteiger partial charge on any atom is -0.423 e. The van der Waals surface area contributed by atoms with Crippen molar-refractivity contribution in [3.63, 3.8) is 0 Å². The summed E-state index contributed by atoms with van der Waals surface area (Å²) in [7, 11) is 0. The van der Waals surface area contributed by atoms with Crippen molar-refractivity contribution in [3.8, 4) is 5.75 Å². The number of hydrogen-bond acceptors (Lipinski definition) is 5. The fraction of sp³-hybridized carbons (Fsp3) is 0.115. The van der Waals surface area contributed by atoms with E-state index in [1.54, 1.807) is 42.5 Å². The minimum absolute atomic E-state index is 0.0166. The Balaban J connectivity index is 1.50. The lowest BCUT2D eigenvalue weighted by molar-refractivity contribution is -0.120. The average molecular weight is 461 g/mol. The number of halogens is 1. The van der Waals surface area contributed by atoms with Gasteiger partial charge < -0.3 is 10.1 Å². The van der Waals surface area contributed by atoms with E-state index < -0.39 is 17.8 Å². The molecular weight excluding hydrogens is 440 g/mol. The number of nitrogens with zero attached hydrogens (tertiary/aromatic N) is 1. The normalized spacial score (nSPS) is 13.5. The zero-order valence-corrected chi connectivity index (χ0v) is 18.8. The SMILES string of the molecule is CCc1ccccc1OC(=O)c1ccc(NC2=C(Cl)C(=O)N(c3ccccc3C)C2=O)cc1. The molecule has 1 N–H and O–H groups in total. The Morgan fingerprint density at radius 3 is 2.30 bits per heavy atom. The van der Waals surface area contributed by atoms with Crippen molar-refractivity contribution < 1.29 is 19.1 Å². The van der Waals surface area contributed by atoms with Gasteiger partial charge in [-0.15, -0.1) is 0 Å². The van der Waals surface area contributed by atoms with Crippen molar-refractivity contribution in [1.29, 1.82) is 0 Å². The smallest absolute Gasteiger partial charge is 0.343 e. The van der Waals surface area contributed by atoms with Crippen LogP contribution < -0.4 is 15.0 Å². The summed E-state index contributed by atoms with van der Waals surface area (Å²) >= 11 is 6.20. The molecule has 2 amide bonds. The number of rotatable bonds is 6. The standard InChI is InChI=1S/C26H21ClN2O4/c1-3-17-9-5-7-11-21(17)33-26(32)18-12-14-19(15-13-18)28-23-22(27)24(30)29(25(23)31)20-10-6-4-8-16(20)2/h4-15,28H,3H2,1-2H3. The Hall–Kier alpha value is -3.90. The van der Waals surface area contributed by atoms with Crippen molar-refractivity contribution in [1.82, 2.24) is 0 Å². The number of esters is 1. The van der Waals surface area contributed by atoms with Gasteiger partial charge in [-0.25, -0.2) is 9.69 Å². The molecule has 1 heterocycles. The van der Waals surface area contributed by atoms with Crippen LogP contribution in [0.2, 0.25) is 0 Å².